The van der Waals surface area contributed by atoms with Gasteiger partial charge in [-0.2, -0.15) is 0 Å². The lowest BCUT2D eigenvalue weighted by atomic mass is 9.78. The molecule has 2 aliphatic rings. The Labute approximate surface area is 120 Å². The van der Waals surface area contributed by atoms with E-state index in [1.165, 1.54) is 0 Å². The fourth-order valence-electron chi connectivity index (χ4n) is 3.40. The molecule has 0 aromatic heterocycles. The molecule has 3 rings (SSSR count). The summed E-state index contributed by atoms with van der Waals surface area (Å²) in [7, 11) is 1.67. The second-order valence-corrected chi connectivity index (χ2v) is 5.86. The molecule has 20 heavy (non-hydrogen) atoms. The van der Waals surface area contributed by atoms with Crippen molar-refractivity contribution in [2.45, 2.75) is 25.8 Å². The maximum absolute atomic E-state index is 12.7. The minimum atomic E-state index is -0.0792. The zero-order chi connectivity index (χ0) is 14.0. The largest absolute Gasteiger partial charge is 0.497 e. The van der Waals surface area contributed by atoms with Crippen molar-refractivity contribution in [2.24, 2.45) is 5.41 Å². The summed E-state index contributed by atoms with van der Waals surface area (Å²) in [5.74, 6) is 1.20. The van der Waals surface area contributed by atoms with Crippen LogP contribution in [-0.4, -0.2) is 37.6 Å². The predicted octanol–water partition coefficient (Wildman–Crippen LogP) is 1.80. The molecule has 0 unspecified atom stereocenters. The number of carbonyl (C=O) groups excluding carboxylic acids is 1. The van der Waals surface area contributed by atoms with Crippen LogP contribution in [0.1, 0.15) is 24.8 Å². The molecule has 0 radical (unpaired) electrons. The highest BCUT2D eigenvalue weighted by atomic mass is 16.5. The molecular weight excluding hydrogens is 252 g/mol. The van der Waals surface area contributed by atoms with Crippen LogP contribution < -0.4 is 10.1 Å². The van der Waals surface area contributed by atoms with Gasteiger partial charge in [0, 0.05) is 13.1 Å². The number of amides is 1. The molecule has 1 aromatic rings. The number of hydrogen-bond acceptors (Lipinski definition) is 3. The van der Waals surface area contributed by atoms with E-state index in [0.29, 0.717) is 12.5 Å². The molecule has 1 N–H and O–H groups in total. The van der Waals surface area contributed by atoms with Gasteiger partial charge < -0.3 is 15.0 Å². The van der Waals surface area contributed by atoms with Crippen molar-refractivity contribution in [2.75, 3.05) is 26.7 Å². The Morgan fingerprint density at radius 1 is 1.30 bits per heavy atom. The van der Waals surface area contributed by atoms with Crippen molar-refractivity contribution >= 4 is 5.91 Å². The molecule has 2 fully saturated rings. The first-order valence-electron chi connectivity index (χ1n) is 7.37. The van der Waals surface area contributed by atoms with Crippen LogP contribution >= 0.6 is 0 Å². The highest BCUT2D eigenvalue weighted by Gasteiger charge is 2.46. The van der Waals surface area contributed by atoms with Gasteiger partial charge in [-0.05, 0) is 50.0 Å². The summed E-state index contributed by atoms with van der Waals surface area (Å²) in [6, 6.07) is 7.99. The zero-order valence-electron chi connectivity index (χ0n) is 12.0. The number of nitrogens with one attached hydrogen (secondary N) is 1. The smallest absolute Gasteiger partial charge is 0.229 e. The first-order chi connectivity index (χ1) is 9.73. The highest BCUT2D eigenvalue weighted by Crippen LogP contribution is 2.40. The topological polar surface area (TPSA) is 41.6 Å². The fraction of sp³-hybridized carbons (Fsp3) is 0.562. The Morgan fingerprint density at radius 2 is 2.10 bits per heavy atom. The molecule has 1 aromatic carbocycles. The van der Waals surface area contributed by atoms with Gasteiger partial charge in [-0.15, -0.1) is 0 Å². The fourth-order valence-corrected chi connectivity index (χ4v) is 3.40. The molecule has 108 valence electrons. The maximum atomic E-state index is 12.7. The SMILES string of the molecule is COc1cccc(CN2CCC3(CCNCC3)C2=O)c1. The Bertz CT molecular complexity index is 495. The number of carbonyl (C=O) groups is 1. The molecule has 2 saturated heterocycles. The molecule has 1 spiro atoms. The molecule has 0 saturated carbocycles. The van der Waals surface area contributed by atoms with Crippen LogP contribution in [0.5, 0.6) is 5.75 Å². The minimum Gasteiger partial charge on any atom is -0.497 e. The Morgan fingerprint density at radius 3 is 2.85 bits per heavy atom. The molecule has 2 aliphatic heterocycles. The van der Waals surface area contributed by atoms with Crippen molar-refractivity contribution in [3.8, 4) is 5.75 Å². The van der Waals surface area contributed by atoms with Gasteiger partial charge in [0.1, 0.15) is 5.75 Å². The quantitative estimate of drug-likeness (QED) is 0.914. The van der Waals surface area contributed by atoms with Crippen molar-refractivity contribution in [1.82, 2.24) is 10.2 Å². The van der Waals surface area contributed by atoms with Gasteiger partial charge in [-0.25, -0.2) is 0 Å². The molecule has 0 aliphatic carbocycles. The average molecular weight is 274 g/mol. The number of piperidine rings is 1. The molecule has 2 heterocycles. The number of nitrogens with zero attached hydrogens (tertiary/aromatic N) is 1. The van der Waals surface area contributed by atoms with E-state index < -0.39 is 0 Å². The molecular formula is C16H22N2O2. The third kappa shape index (κ3) is 2.40. The van der Waals surface area contributed by atoms with E-state index in [0.717, 1.165) is 50.2 Å². The Balaban J connectivity index is 1.71. The summed E-state index contributed by atoms with van der Waals surface area (Å²) in [6.07, 6.45) is 2.98. The van der Waals surface area contributed by atoms with Crippen molar-refractivity contribution in [1.29, 1.82) is 0 Å². The van der Waals surface area contributed by atoms with E-state index in [2.05, 4.69) is 11.4 Å². The number of benzene rings is 1. The van der Waals surface area contributed by atoms with Crippen molar-refractivity contribution in [3.05, 3.63) is 29.8 Å². The minimum absolute atomic E-state index is 0.0792. The van der Waals surface area contributed by atoms with Gasteiger partial charge in [0.25, 0.3) is 0 Å². The van der Waals surface area contributed by atoms with Gasteiger partial charge in [-0.1, -0.05) is 12.1 Å². The molecule has 0 bridgehead atoms. The zero-order valence-corrected chi connectivity index (χ0v) is 12.0. The van der Waals surface area contributed by atoms with Crippen LogP contribution in [0, 0.1) is 5.41 Å². The summed E-state index contributed by atoms with van der Waals surface area (Å²) < 4.78 is 5.24. The van der Waals surface area contributed by atoms with Crippen LogP contribution in [-0.2, 0) is 11.3 Å². The van der Waals surface area contributed by atoms with Crippen molar-refractivity contribution < 1.29 is 9.53 Å². The highest BCUT2D eigenvalue weighted by molar-refractivity contribution is 5.85. The van der Waals surface area contributed by atoms with E-state index in [1.54, 1.807) is 7.11 Å². The summed E-state index contributed by atoms with van der Waals surface area (Å²) in [5.41, 5.74) is 1.06. The first-order valence-corrected chi connectivity index (χ1v) is 7.37. The van der Waals surface area contributed by atoms with Crippen LogP contribution in [0.3, 0.4) is 0 Å². The third-order valence-corrected chi connectivity index (χ3v) is 4.67. The van der Waals surface area contributed by atoms with E-state index in [4.69, 9.17) is 4.74 Å². The summed E-state index contributed by atoms with van der Waals surface area (Å²) >= 11 is 0. The van der Waals surface area contributed by atoms with E-state index in [9.17, 15) is 4.79 Å². The standard InChI is InChI=1S/C16H22N2O2/c1-20-14-4-2-3-13(11-14)12-18-10-7-16(15(18)19)5-8-17-9-6-16/h2-4,11,17H,5-10,12H2,1H3. The lowest BCUT2D eigenvalue weighted by Gasteiger charge is -2.32. The lowest BCUT2D eigenvalue weighted by molar-refractivity contribution is -0.137. The summed E-state index contributed by atoms with van der Waals surface area (Å²) in [5, 5.41) is 3.35. The van der Waals surface area contributed by atoms with Crippen LogP contribution in [0.15, 0.2) is 24.3 Å². The van der Waals surface area contributed by atoms with E-state index in [-0.39, 0.29) is 5.41 Å². The predicted molar refractivity (Wildman–Crippen MR) is 77.6 cm³/mol. The van der Waals surface area contributed by atoms with Gasteiger partial charge in [-0.3, -0.25) is 4.79 Å². The Kier molecular flexibility index (Phi) is 3.66. The van der Waals surface area contributed by atoms with Gasteiger partial charge in [0.2, 0.25) is 5.91 Å². The number of hydrogen-bond donors (Lipinski definition) is 1. The average Bonchev–Trinajstić information content (AvgIpc) is 2.78. The van der Waals surface area contributed by atoms with E-state index >= 15 is 0 Å². The maximum Gasteiger partial charge on any atom is 0.229 e. The molecule has 4 heteroatoms. The van der Waals surface area contributed by atoms with Gasteiger partial charge in [0.05, 0.1) is 12.5 Å². The molecule has 0 atom stereocenters. The van der Waals surface area contributed by atoms with Crippen molar-refractivity contribution in [3.63, 3.8) is 0 Å². The number of likely N-dealkylation sites (tertiary alicyclic amines) is 1. The Hall–Kier alpha value is -1.55. The summed E-state index contributed by atoms with van der Waals surface area (Å²) in [4.78, 5) is 14.7. The second kappa shape index (κ2) is 5.44. The van der Waals surface area contributed by atoms with E-state index in [1.807, 2.05) is 23.1 Å². The first kappa shape index (κ1) is 13.4. The number of rotatable bonds is 3. The van der Waals surface area contributed by atoms with Crippen LogP contribution in [0.4, 0.5) is 0 Å². The summed E-state index contributed by atoms with van der Waals surface area (Å²) in [6.45, 7) is 3.53. The third-order valence-electron chi connectivity index (χ3n) is 4.67. The van der Waals surface area contributed by atoms with Crippen LogP contribution in [0.2, 0.25) is 0 Å². The number of ether oxygens (including phenoxy) is 1. The normalized spacial score (nSPS) is 21.4. The van der Waals surface area contributed by atoms with Gasteiger partial charge in [0.15, 0.2) is 0 Å². The number of methoxy groups -OCH3 is 1. The second-order valence-electron chi connectivity index (χ2n) is 5.86. The lowest BCUT2D eigenvalue weighted by Crippen LogP contribution is -2.42. The van der Waals surface area contributed by atoms with Crippen LogP contribution in [0.25, 0.3) is 0 Å². The van der Waals surface area contributed by atoms with Gasteiger partial charge >= 0.3 is 0 Å². The molecule has 1 amide bonds. The monoisotopic (exact) mass is 274 g/mol. The molecule has 4 nitrogen and oxygen atoms in total.